The van der Waals surface area contributed by atoms with Gasteiger partial charge in [-0.1, -0.05) is 23.8 Å². The Bertz CT molecular complexity index is 742. The van der Waals surface area contributed by atoms with Crippen LogP contribution in [0.5, 0.6) is 11.5 Å². The average Bonchev–Trinajstić information content (AvgIpc) is 2.59. The number of rotatable bonds is 7. The molecule has 2 aromatic rings. The van der Waals surface area contributed by atoms with Gasteiger partial charge in [0.05, 0.1) is 12.8 Å². The third kappa shape index (κ3) is 5.84. The van der Waals surface area contributed by atoms with Gasteiger partial charge in [-0.05, 0) is 36.8 Å². The Morgan fingerprint density at radius 1 is 1.08 bits per heavy atom. The van der Waals surface area contributed by atoms with E-state index in [1.807, 2.05) is 37.3 Å². The molecule has 0 aromatic heterocycles. The highest BCUT2D eigenvalue weighted by Gasteiger charge is 2.08. The molecule has 0 heterocycles. The van der Waals surface area contributed by atoms with E-state index in [9.17, 15) is 9.59 Å². The van der Waals surface area contributed by atoms with Gasteiger partial charge in [0.25, 0.3) is 5.91 Å². The van der Waals surface area contributed by atoms with Crippen LogP contribution in [0.2, 0.25) is 0 Å². The van der Waals surface area contributed by atoms with Crippen LogP contribution in [0.25, 0.3) is 0 Å². The smallest absolute Gasteiger partial charge is 0.258 e. The van der Waals surface area contributed by atoms with Crippen molar-refractivity contribution in [3.05, 3.63) is 53.6 Å². The van der Waals surface area contributed by atoms with E-state index in [1.54, 1.807) is 12.1 Å². The van der Waals surface area contributed by atoms with Gasteiger partial charge in [-0.3, -0.25) is 9.59 Å². The Morgan fingerprint density at radius 2 is 1.80 bits per heavy atom. The Hall–Kier alpha value is -3.02. The minimum Gasteiger partial charge on any atom is -0.495 e. The maximum absolute atomic E-state index is 11.9. The molecular formula is C19H22N2O4. The molecule has 2 rings (SSSR count). The summed E-state index contributed by atoms with van der Waals surface area (Å²) in [6.45, 7) is 3.68. The highest BCUT2D eigenvalue weighted by molar-refractivity contribution is 5.90. The lowest BCUT2D eigenvalue weighted by atomic mass is 10.2. The van der Waals surface area contributed by atoms with Crippen LogP contribution < -0.4 is 20.1 Å². The second-order valence-electron chi connectivity index (χ2n) is 5.59. The fourth-order valence-corrected chi connectivity index (χ4v) is 2.19. The number of nitrogens with one attached hydrogen (secondary N) is 2. The second-order valence-corrected chi connectivity index (χ2v) is 5.59. The van der Waals surface area contributed by atoms with Crippen molar-refractivity contribution in [2.75, 3.05) is 19.0 Å². The summed E-state index contributed by atoms with van der Waals surface area (Å²) in [4.78, 5) is 23.2. The summed E-state index contributed by atoms with van der Waals surface area (Å²) in [5.74, 6) is 0.801. The zero-order chi connectivity index (χ0) is 18.2. The number of carbonyl (C=O) groups excluding carboxylic acids is 2. The molecule has 2 amide bonds. The summed E-state index contributed by atoms with van der Waals surface area (Å²) < 4.78 is 10.6. The van der Waals surface area contributed by atoms with E-state index >= 15 is 0 Å². The molecule has 0 spiro atoms. The van der Waals surface area contributed by atoms with Crippen molar-refractivity contribution in [2.45, 2.75) is 20.4 Å². The Labute approximate surface area is 147 Å². The summed E-state index contributed by atoms with van der Waals surface area (Å²) in [6.07, 6.45) is 0. The zero-order valence-electron chi connectivity index (χ0n) is 14.6. The molecule has 6 heteroatoms. The Morgan fingerprint density at radius 3 is 2.44 bits per heavy atom. The molecule has 0 bridgehead atoms. The topological polar surface area (TPSA) is 76.7 Å². The predicted molar refractivity (Wildman–Crippen MR) is 95.8 cm³/mol. The first-order valence-corrected chi connectivity index (χ1v) is 7.88. The minimum atomic E-state index is -0.225. The van der Waals surface area contributed by atoms with Crippen LogP contribution in [0.15, 0.2) is 42.5 Å². The number of methoxy groups -OCH3 is 1. The lowest BCUT2D eigenvalue weighted by Crippen LogP contribution is -2.28. The molecule has 0 saturated heterocycles. The molecular weight excluding hydrogens is 320 g/mol. The van der Waals surface area contributed by atoms with Gasteiger partial charge in [0.1, 0.15) is 11.5 Å². The summed E-state index contributed by atoms with van der Waals surface area (Å²) in [7, 11) is 1.53. The van der Waals surface area contributed by atoms with Gasteiger partial charge >= 0.3 is 0 Å². The van der Waals surface area contributed by atoms with Gasteiger partial charge in [0.2, 0.25) is 5.91 Å². The Balaban J connectivity index is 1.88. The molecule has 0 atom stereocenters. The summed E-state index contributed by atoms with van der Waals surface area (Å²) >= 11 is 0. The van der Waals surface area contributed by atoms with Gasteiger partial charge in [0, 0.05) is 13.5 Å². The predicted octanol–water partition coefficient (Wildman–Crippen LogP) is 2.66. The van der Waals surface area contributed by atoms with Crippen LogP contribution in [0.3, 0.4) is 0 Å². The fourth-order valence-electron chi connectivity index (χ4n) is 2.19. The molecule has 0 aliphatic heterocycles. The van der Waals surface area contributed by atoms with Gasteiger partial charge < -0.3 is 20.1 Å². The van der Waals surface area contributed by atoms with Crippen molar-refractivity contribution in [1.82, 2.24) is 5.32 Å². The quantitative estimate of drug-likeness (QED) is 0.811. The fraction of sp³-hybridized carbons (Fsp3) is 0.263. The molecule has 2 aromatic carbocycles. The van der Waals surface area contributed by atoms with Crippen molar-refractivity contribution in [2.24, 2.45) is 0 Å². The summed E-state index contributed by atoms with van der Waals surface area (Å²) in [5, 5.41) is 5.48. The lowest BCUT2D eigenvalue weighted by molar-refractivity contribution is -0.123. The van der Waals surface area contributed by atoms with E-state index in [-0.39, 0.29) is 18.4 Å². The highest BCUT2D eigenvalue weighted by atomic mass is 16.5. The maximum atomic E-state index is 11.9. The zero-order valence-corrected chi connectivity index (χ0v) is 14.6. The third-order valence-corrected chi connectivity index (χ3v) is 3.46. The van der Waals surface area contributed by atoms with Crippen LogP contribution in [0.4, 0.5) is 5.69 Å². The average molecular weight is 342 g/mol. The number of aryl methyl sites for hydroxylation is 1. The van der Waals surface area contributed by atoms with E-state index in [1.165, 1.54) is 14.0 Å². The molecule has 0 unspecified atom stereocenters. The lowest BCUT2D eigenvalue weighted by Gasteiger charge is -2.12. The molecule has 0 fully saturated rings. The second kappa shape index (κ2) is 8.73. The standard InChI is InChI=1S/C19H22N2O4/c1-13-4-7-16(8-5-13)25-12-19(23)20-11-15-6-9-18(24-3)17(10-15)21-14(2)22/h4-10H,11-12H2,1-3H3,(H,20,23)(H,21,22). The molecule has 6 nitrogen and oxygen atoms in total. The van der Waals surface area contributed by atoms with Crippen LogP contribution in [-0.4, -0.2) is 25.5 Å². The normalized spacial score (nSPS) is 10.0. The third-order valence-electron chi connectivity index (χ3n) is 3.46. The van der Waals surface area contributed by atoms with Crippen LogP contribution in [0, 0.1) is 6.92 Å². The molecule has 0 aliphatic rings. The number of ether oxygens (including phenoxy) is 2. The molecule has 0 saturated carbocycles. The molecule has 132 valence electrons. The van der Waals surface area contributed by atoms with E-state index in [0.29, 0.717) is 23.7 Å². The summed E-state index contributed by atoms with van der Waals surface area (Å²) in [5.41, 5.74) is 2.54. The van der Waals surface area contributed by atoms with E-state index in [0.717, 1.165) is 11.1 Å². The van der Waals surface area contributed by atoms with E-state index < -0.39 is 0 Å². The van der Waals surface area contributed by atoms with Crippen molar-refractivity contribution < 1.29 is 19.1 Å². The number of amides is 2. The largest absolute Gasteiger partial charge is 0.495 e. The maximum Gasteiger partial charge on any atom is 0.258 e. The van der Waals surface area contributed by atoms with Crippen LogP contribution >= 0.6 is 0 Å². The van der Waals surface area contributed by atoms with Crippen LogP contribution in [-0.2, 0) is 16.1 Å². The first kappa shape index (κ1) is 18.3. The van der Waals surface area contributed by atoms with Crippen molar-refractivity contribution in [1.29, 1.82) is 0 Å². The van der Waals surface area contributed by atoms with E-state index in [4.69, 9.17) is 9.47 Å². The summed E-state index contributed by atoms with van der Waals surface area (Å²) in [6, 6.07) is 12.8. The first-order valence-electron chi connectivity index (χ1n) is 7.88. The van der Waals surface area contributed by atoms with Gasteiger partial charge in [-0.25, -0.2) is 0 Å². The van der Waals surface area contributed by atoms with Crippen molar-refractivity contribution in [3.63, 3.8) is 0 Å². The van der Waals surface area contributed by atoms with Gasteiger partial charge in [-0.2, -0.15) is 0 Å². The number of carbonyl (C=O) groups is 2. The number of hydrogen-bond acceptors (Lipinski definition) is 4. The minimum absolute atomic E-state index is 0.0578. The molecule has 25 heavy (non-hydrogen) atoms. The van der Waals surface area contributed by atoms with Crippen molar-refractivity contribution >= 4 is 17.5 Å². The highest BCUT2D eigenvalue weighted by Crippen LogP contribution is 2.25. The van der Waals surface area contributed by atoms with Gasteiger partial charge in [0.15, 0.2) is 6.61 Å². The van der Waals surface area contributed by atoms with E-state index in [2.05, 4.69) is 10.6 Å². The van der Waals surface area contributed by atoms with Crippen LogP contribution in [0.1, 0.15) is 18.1 Å². The number of anilines is 1. The Kier molecular flexibility index (Phi) is 6.39. The number of benzene rings is 2. The molecule has 0 radical (unpaired) electrons. The molecule has 2 N–H and O–H groups in total. The number of hydrogen-bond donors (Lipinski definition) is 2. The monoisotopic (exact) mass is 342 g/mol. The van der Waals surface area contributed by atoms with Crippen molar-refractivity contribution in [3.8, 4) is 11.5 Å². The first-order chi connectivity index (χ1) is 12.0. The molecule has 0 aliphatic carbocycles. The van der Waals surface area contributed by atoms with Gasteiger partial charge in [-0.15, -0.1) is 0 Å². The SMILES string of the molecule is COc1ccc(CNC(=O)COc2ccc(C)cc2)cc1NC(C)=O.